The second-order valence-corrected chi connectivity index (χ2v) is 22.8. The van der Waals surface area contributed by atoms with Crippen molar-refractivity contribution in [2.75, 3.05) is 7.11 Å². The monoisotopic (exact) mass is 576 g/mol. The molecule has 0 aliphatic carbocycles. The Morgan fingerprint density at radius 3 is 1.56 bits per heavy atom. The van der Waals surface area contributed by atoms with Gasteiger partial charge in [0.25, 0.3) is 0 Å². The van der Waals surface area contributed by atoms with Gasteiger partial charge in [-0.25, -0.2) is 0 Å². The fraction of sp³-hybridized carbons (Fsp3) is 0.667. The Labute approximate surface area is 243 Å². The van der Waals surface area contributed by atoms with Crippen molar-refractivity contribution in [1.82, 2.24) is 0 Å². The molecule has 0 amide bonds. The van der Waals surface area contributed by atoms with Gasteiger partial charge in [-0.1, -0.05) is 109 Å². The molecule has 2 atom stereocenters. The first-order valence-electron chi connectivity index (χ1n) is 14.7. The lowest BCUT2D eigenvalue weighted by atomic mass is 10.1. The topological polar surface area (TPSA) is 44.8 Å². The molecular weight excluding hydrogens is 517 g/mol. The van der Waals surface area contributed by atoms with E-state index in [-0.39, 0.29) is 28.3 Å². The van der Waals surface area contributed by atoms with Crippen molar-refractivity contribution in [3.63, 3.8) is 0 Å². The van der Waals surface area contributed by atoms with Crippen molar-refractivity contribution >= 4 is 22.6 Å². The van der Waals surface area contributed by atoms with Crippen molar-refractivity contribution in [3.8, 4) is 0 Å². The Morgan fingerprint density at radius 2 is 1.15 bits per heavy atom. The van der Waals surface area contributed by atoms with E-state index in [0.29, 0.717) is 6.42 Å². The zero-order valence-electron chi connectivity index (χ0n) is 27.3. The summed E-state index contributed by atoms with van der Waals surface area (Å²) in [5.74, 6) is -0.164. The minimum Gasteiger partial charge on any atom is -0.469 e. The molecule has 0 saturated carbocycles. The Hall–Kier alpha value is -1.48. The van der Waals surface area contributed by atoms with Gasteiger partial charge in [0.05, 0.1) is 19.3 Å². The molecule has 0 saturated heterocycles. The minimum absolute atomic E-state index is 0.00788. The second kappa shape index (κ2) is 18.1. The lowest BCUT2D eigenvalue weighted by Gasteiger charge is -2.38. The Kier molecular flexibility index (Phi) is 17.4. The number of hydrogen-bond acceptors (Lipinski definition) is 4. The van der Waals surface area contributed by atoms with Crippen LogP contribution in [0.1, 0.15) is 87.0 Å². The van der Waals surface area contributed by atoms with E-state index in [1.807, 2.05) is 0 Å². The molecule has 0 aliphatic heterocycles. The third-order valence-electron chi connectivity index (χ3n) is 7.86. The Balaban J connectivity index is 4.70. The zero-order chi connectivity index (χ0) is 30.2. The largest absolute Gasteiger partial charge is 0.469 e. The van der Waals surface area contributed by atoms with E-state index < -0.39 is 16.6 Å². The molecule has 0 aromatic heterocycles. The summed E-state index contributed by atoms with van der Waals surface area (Å²) in [6.45, 7) is 24.9. The van der Waals surface area contributed by atoms with Crippen LogP contribution in [0.3, 0.4) is 0 Å². The highest BCUT2D eigenvalue weighted by Gasteiger charge is 2.39. The van der Waals surface area contributed by atoms with Crippen LogP contribution >= 0.6 is 0 Å². The molecule has 39 heavy (non-hydrogen) atoms. The molecule has 0 spiro atoms. The average molecular weight is 577 g/mol. The first-order chi connectivity index (χ1) is 18.0. The molecule has 0 N–H and O–H groups in total. The third kappa shape index (κ3) is 16.4. The van der Waals surface area contributed by atoms with Crippen LogP contribution in [-0.2, 0) is 18.4 Å². The van der Waals surface area contributed by atoms with Crippen LogP contribution in [0.5, 0.6) is 0 Å². The van der Waals surface area contributed by atoms with E-state index in [0.717, 1.165) is 32.1 Å². The summed E-state index contributed by atoms with van der Waals surface area (Å²) in [6, 6.07) is 0. The molecule has 4 nitrogen and oxygen atoms in total. The maximum Gasteiger partial charge on any atom is 0.305 e. The lowest BCUT2D eigenvalue weighted by molar-refractivity contribution is -0.140. The van der Waals surface area contributed by atoms with Crippen LogP contribution in [0.25, 0.3) is 0 Å². The quantitative estimate of drug-likeness (QED) is 0.0748. The molecule has 0 aromatic carbocycles. The van der Waals surface area contributed by atoms with Gasteiger partial charge in [-0.15, -0.1) is 0 Å². The number of carbonyl (C=O) groups is 1. The second-order valence-electron chi connectivity index (χ2n) is 13.3. The normalized spacial score (nSPS) is 15.9. The number of methoxy groups -OCH3 is 1. The molecule has 224 valence electrons. The van der Waals surface area contributed by atoms with Crippen molar-refractivity contribution in [1.29, 1.82) is 0 Å². The predicted molar refractivity (Wildman–Crippen MR) is 175 cm³/mol. The van der Waals surface area contributed by atoms with Crippen molar-refractivity contribution in [2.24, 2.45) is 0 Å². The van der Waals surface area contributed by atoms with Crippen molar-refractivity contribution in [3.05, 3.63) is 60.8 Å². The third-order valence-corrected chi connectivity index (χ3v) is 16.9. The minimum atomic E-state index is -1.90. The van der Waals surface area contributed by atoms with E-state index >= 15 is 0 Å². The van der Waals surface area contributed by atoms with Crippen LogP contribution < -0.4 is 0 Å². The molecule has 6 heteroatoms. The molecular formula is C33H60O4Si2. The van der Waals surface area contributed by atoms with Crippen LogP contribution in [0.15, 0.2) is 60.8 Å². The predicted octanol–water partition coefficient (Wildman–Crippen LogP) is 10.1. The SMILES string of the molecule is CC[C@H](/C=C/C=C\C/C=C\C/C=C\C=C\[C@H](CCCC(=O)OC)O[Si](C)(C)C(C)(C)C)O[Si](C)(C)C(C)(C)C. The summed E-state index contributed by atoms with van der Waals surface area (Å²) >= 11 is 0. The summed E-state index contributed by atoms with van der Waals surface area (Å²) in [5.41, 5.74) is 0. The van der Waals surface area contributed by atoms with Gasteiger partial charge in [0.1, 0.15) is 0 Å². The molecule has 0 bridgehead atoms. The number of rotatable bonds is 17. The van der Waals surface area contributed by atoms with Gasteiger partial charge >= 0.3 is 5.97 Å². The highest BCUT2D eigenvalue weighted by Crippen LogP contribution is 2.38. The summed E-state index contributed by atoms with van der Waals surface area (Å²) < 4.78 is 17.9. The molecule has 0 radical (unpaired) electrons. The van der Waals surface area contributed by atoms with Crippen LogP contribution in [0.4, 0.5) is 0 Å². The highest BCUT2D eigenvalue weighted by molar-refractivity contribution is 6.74. The van der Waals surface area contributed by atoms with Gasteiger partial charge in [0, 0.05) is 6.42 Å². The van der Waals surface area contributed by atoms with Gasteiger partial charge in [0.2, 0.25) is 0 Å². The van der Waals surface area contributed by atoms with E-state index in [9.17, 15) is 4.79 Å². The van der Waals surface area contributed by atoms with Crippen LogP contribution in [0, 0.1) is 0 Å². The van der Waals surface area contributed by atoms with E-state index in [1.54, 1.807) is 0 Å². The summed E-state index contributed by atoms with van der Waals surface area (Å²) in [5, 5.41) is 0.369. The van der Waals surface area contributed by atoms with Gasteiger partial charge in [-0.2, -0.15) is 0 Å². The Morgan fingerprint density at radius 1 is 0.718 bits per heavy atom. The molecule has 0 fully saturated rings. The van der Waals surface area contributed by atoms with Gasteiger partial charge in [-0.3, -0.25) is 4.79 Å². The maximum atomic E-state index is 11.5. The highest BCUT2D eigenvalue weighted by atomic mass is 28.4. The molecule has 0 aromatic rings. The van der Waals surface area contributed by atoms with Gasteiger partial charge < -0.3 is 13.6 Å². The van der Waals surface area contributed by atoms with E-state index in [4.69, 9.17) is 13.6 Å². The Bertz CT molecular complexity index is 837. The van der Waals surface area contributed by atoms with Gasteiger partial charge in [0.15, 0.2) is 16.6 Å². The lowest BCUT2D eigenvalue weighted by Crippen LogP contribution is -2.43. The number of hydrogen-bond donors (Lipinski definition) is 0. The smallest absolute Gasteiger partial charge is 0.305 e. The van der Waals surface area contributed by atoms with Crippen LogP contribution in [-0.4, -0.2) is 41.9 Å². The van der Waals surface area contributed by atoms with E-state index in [2.05, 4.69) is 135 Å². The molecule has 0 aliphatic rings. The number of esters is 1. The van der Waals surface area contributed by atoms with Gasteiger partial charge in [-0.05, 0) is 68.4 Å². The summed E-state index contributed by atoms with van der Waals surface area (Å²) in [7, 11) is -2.21. The first-order valence-corrected chi connectivity index (χ1v) is 20.5. The number of carbonyl (C=O) groups excluding carboxylic acids is 1. The fourth-order valence-electron chi connectivity index (χ4n) is 3.15. The standard InChI is InChI=1S/C33H60O4Si2/c1-13-29(36-38(9,10)32(2,3)4)25-22-20-18-16-14-15-17-19-21-23-26-30(27-24-28-31(34)35-8)37-39(11,12)33(5,6)7/h14-15,18-23,25-26,29-30H,13,16-17,24,27-28H2,1-12H3/b15-14-,20-18-,21-19-,25-22+,26-23+/t29-,30-/m1/s1. The number of ether oxygens (including phenoxy) is 1. The molecule has 0 heterocycles. The van der Waals surface area contributed by atoms with Crippen molar-refractivity contribution in [2.45, 2.75) is 135 Å². The molecule has 0 unspecified atom stereocenters. The van der Waals surface area contributed by atoms with Crippen LogP contribution in [0.2, 0.25) is 36.3 Å². The zero-order valence-corrected chi connectivity index (χ0v) is 29.3. The summed E-state index contributed by atoms with van der Waals surface area (Å²) in [6.07, 6.45) is 26.4. The fourth-order valence-corrected chi connectivity index (χ4v) is 5.82. The van der Waals surface area contributed by atoms with E-state index in [1.165, 1.54) is 7.11 Å². The van der Waals surface area contributed by atoms with Crippen molar-refractivity contribution < 1.29 is 18.4 Å². The maximum absolute atomic E-state index is 11.5. The first kappa shape index (κ1) is 37.5. The number of allylic oxidation sites excluding steroid dienone is 8. The average Bonchev–Trinajstić information content (AvgIpc) is 2.81. The summed E-state index contributed by atoms with van der Waals surface area (Å²) in [4.78, 5) is 11.5. The molecule has 0 rings (SSSR count).